The normalized spacial score (nSPS) is 43.3. The fraction of sp³-hybridized carbons (Fsp3) is 0.857. The number of fused-ring (bicyclic) bond motifs is 1. The third-order valence-electron chi connectivity index (χ3n) is 2.08. The van der Waals surface area contributed by atoms with E-state index in [9.17, 15) is 4.79 Å². The Balaban J connectivity index is 2.07. The molecule has 0 aromatic carbocycles. The van der Waals surface area contributed by atoms with Gasteiger partial charge in [0, 0.05) is 0 Å². The maximum absolute atomic E-state index is 10.9. The largest absolute Gasteiger partial charge is 0.330 e. The highest BCUT2D eigenvalue weighted by atomic mass is 16.7. The van der Waals surface area contributed by atoms with Gasteiger partial charge in [0.15, 0.2) is 6.29 Å². The predicted molar refractivity (Wildman–Crippen MR) is 36.3 cm³/mol. The predicted octanol–water partition coefficient (Wildman–Crippen LogP) is 0.284. The molecule has 2 rings (SSSR count). The summed E-state index contributed by atoms with van der Waals surface area (Å²) >= 11 is 0. The number of β-lactam (4-membered cyclic amide) rings is 1. The standard InChI is InChI=1S/C7H11NO3/c1-4-8-6(9)3-7(8)11-5(2)10-4/h4-5,7H,3H2,1-2H3/t4-,5+,7-/m1/s1. The SMILES string of the molecule is C[C@H]1O[C@H](C)N2C(=O)C[C@H]2O1. The van der Waals surface area contributed by atoms with Crippen molar-refractivity contribution in [2.24, 2.45) is 0 Å². The van der Waals surface area contributed by atoms with Crippen molar-refractivity contribution in [1.82, 2.24) is 4.90 Å². The lowest BCUT2D eigenvalue weighted by Gasteiger charge is -2.48. The van der Waals surface area contributed by atoms with Gasteiger partial charge in [-0.2, -0.15) is 0 Å². The monoisotopic (exact) mass is 157 g/mol. The number of ether oxygens (including phenoxy) is 2. The van der Waals surface area contributed by atoms with Crippen molar-refractivity contribution in [1.29, 1.82) is 0 Å². The van der Waals surface area contributed by atoms with Crippen LogP contribution in [0.5, 0.6) is 0 Å². The number of amides is 1. The Hall–Kier alpha value is -0.610. The van der Waals surface area contributed by atoms with Crippen LogP contribution in [-0.2, 0) is 14.3 Å². The van der Waals surface area contributed by atoms with Crippen LogP contribution < -0.4 is 0 Å². The van der Waals surface area contributed by atoms with Crippen LogP contribution in [0.3, 0.4) is 0 Å². The van der Waals surface area contributed by atoms with Crippen LogP contribution >= 0.6 is 0 Å². The summed E-state index contributed by atoms with van der Waals surface area (Å²) in [5, 5.41) is 0. The van der Waals surface area contributed by atoms with Gasteiger partial charge in [-0.3, -0.25) is 9.69 Å². The van der Waals surface area contributed by atoms with E-state index in [1.807, 2.05) is 13.8 Å². The first-order valence-corrected chi connectivity index (χ1v) is 3.80. The van der Waals surface area contributed by atoms with Gasteiger partial charge in [0.2, 0.25) is 5.91 Å². The molecule has 4 nitrogen and oxygen atoms in total. The first-order chi connectivity index (χ1) is 5.18. The average molecular weight is 157 g/mol. The van der Waals surface area contributed by atoms with E-state index >= 15 is 0 Å². The van der Waals surface area contributed by atoms with Gasteiger partial charge in [-0.05, 0) is 13.8 Å². The number of carbonyl (C=O) groups is 1. The molecule has 0 aliphatic carbocycles. The van der Waals surface area contributed by atoms with Crippen molar-refractivity contribution in [2.45, 2.75) is 39.0 Å². The minimum Gasteiger partial charge on any atom is -0.330 e. The van der Waals surface area contributed by atoms with Crippen molar-refractivity contribution in [3.63, 3.8) is 0 Å². The molecule has 0 bridgehead atoms. The summed E-state index contributed by atoms with van der Waals surface area (Å²) in [5.41, 5.74) is 0. The molecule has 0 saturated carbocycles. The molecule has 0 aromatic heterocycles. The smallest absolute Gasteiger partial charge is 0.231 e. The van der Waals surface area contributed by atoms with E-state index in [4.69, 9.17) is 9.47 Å². The molecule has 0 unspecified atom stereocenters. The van der Waals surface area contributed by atoms with Crippen LogP contribution in [0.1, 0.15) is 20.3 Å². The summed E-state index contributed by atoms with van der Waals surface area (Å²) in [6, 6.07) is 0. The van der Waals surface area contributed by atoms with E-state index in [-0.39, 0.29) is 24.7 Å². The van der Waals surface area contributed by atoms with Crippen molar-refractivity contribution >= 4 is 5.91 Å². The molecule has 62 valence electrons. The van der Waals surface area contributed by atoms with Gasteiger partial charge in [-0.25, -0.2) is 0 Å². The summed E-state index contributed by atoms with van der Waals surface area (Å²) in [7, 11) is 0. The number of hydrogen-bond acceptors (Lipinski definition) is 3. The molecule has 2 fully saturated rings. The van der Waals surface area contributed by atoms with Gasteiger partial charge in [-0.15, -0.1) is 0 Å². The molecule has 2 aliphatic heterocycles. The second kappa shape index (κ2) is 2.19. The van der Waals surface area contributed by atoms with Gasteiger partial charge in [-0.1, -0.05) is 0 Å². The summed E-state index contributed by atoms with van der Waals surface area (Å²) < 4.78 is 10.6. The second-order valence-electron chi connectivity index (χ2n) is 2.90. The molecule has 3 atom stereocenters. The molecule has 0 spiro atoms. The van der Waals surface area contributed by atoms with Gasteiger partial charge in [0.05, 0.1) is 6.42 Å². The average Bonchev–Trinajstić information content (AvgIpc) is 1.83. The van der Waals surface area contributed by atoms with Crippen LogP contribution in [0.25, 0.3) is 0 Å². The third-order valence-corrected chi connectivity index (χ3v) is 2.08. The fourth-order valence-electron chi connectivity index (χ4n) is 1.55. The molecular weight excluding hydrogens is 146 g/mol. The second-order valence-corrected chi connectivity index (χ2v) is 2.90. The Bertz CT molecular complexity index is 186. The third kappa shape index (κ3) is 0.937. The minimum absolute atomic E-state index is 0.0266. The maximum Gasteiger partial charge on any atom is 0.231 e. The summed E-state index contributed by atoms with van der Waals surface area (Å²) in [5.74, 6) is 0.120. The molecule has 2 saturated heterocycles. The van der Waals surface area contributed by atoms with E-state index in [1.165, 1.54) is 0 Å². The quantitative estimate of drug-likeness (QED) is 0.474. The maximum atomic E-state index is 10.9. The van der Waals surface area contributed by atoms with Crippen LogP contribution in [-0.4, -0.2) is 29.6 Å². The Morgan fingerprint density at radius 2 is 2.18 bits per heavy atom. The van der Waals surface area contributed by atoms with Crippen LogP contribution in [0.2, 0.25) is 0 Å². The lowest BCUT2D eigenvalue weighted by molar-refractivity contribution is -0.322. The minimum atomic E-state index is -0.181. The zero-order valence-corrected chi connectivity index (χ0v) is 6.61. The Morgan fingerprint density at radius 1 is 1.45 bits per heavy atom. The molecular formula is C7H11NO3. The first-order valence-electron chi connectivity index (χ1n) is 3.80. The van der Waals surface area contributed by atoms with Crippen LogP contribution in [0.4, 0.5) is 0 Å². The summed E-state index contributed by atoms with van der Waals surface area (Å²) in [4.78, 5) is 12.6. The zero-order valence-electron chi connectivity index (χ0n) is 6.61. The molecule has 2 heterocycles. The summed E-state index contributed by atoms with van der Waals surface area (Å²) in [6.07, 6.45) is 0.184. The molecule has 0 radical (unpaired) electrons. The first kappa shape index (κ1) is 7.06. The molecule has 2 aliphatic rings. The van der Waals surface area contributed by atoms with Crippen molar-refractivity contribution < 1.29 is 14.3 Å². The van der Waals surface area contributed by atoms with Gasteiger partial charge in [0.25, 0.3) is 0 Å². The lowest BCUT2D eigenvalue weighted by Crippen LogP contribution is -2.63. The number of carbonyl (C=O) groups excluding carboxylic acids is 1. The highest BCUT2D eigenvalue weighted by molar-refractivity contribution is 5.82. The van der Waals surface area contributed by atoms with Crippen LogP contribution in [0, 0.1) is 0 Å². The lowest BCUT2D eigenvalue weighted by atomic mass is 10.1. The van der Waals surface area contributed by atoms with E-state index < -0.39 is 0 Å². The number of hydrogen-bond donors (Lipinski definition) is 0. The van der Waals surface area contributed by atoms with Crippen LogP contribution in [0.15, 0.2) is 0 Å². The van der Waals surface area contributed by atoms with Gasteiger partial charge >= 0.3 is 0 Å². The molecule has 11 heavy (non-hydrogen) atoms. The van der Waals surface area contributed by atoms with E-state index in [0.29, 0.717) is 6.42 Å². The molecule has 1 amide bonds. The van der Waals surface area contributed by atoms with Crippen molar-refractivity contribution in [3.05, 3.63) is 0 Å². The molecule has 0 aromatic rings. The summed E-state index contributed by atoms with van der Waals surface area (Å²) in [6.45, 7) is 3.71. The fourth-order valence-corrected chi connectivity index (χ4v) is 1.55. The molecule has 0 N–H and O–H groups in total. The Labute approximate surface area is 65.1 Å². The Morgan fingerprint density at radius 3 is 2.73 bits per heavy atom. The van der Waals surface area contributed by atoms with E-state index in [0.717, 1.165) is 0 Å². The Kier molecular flexibility index (Phi) is 1.40. The highest BCUT2D eigenvalue weighted by Gasteiger charge is 2.45. The van der Waals surface area contributed by atoms with E-state index in [2.05, 4.69) is 0 Å². The van der Waals surface area contributed by atoms with Gasteiger partial charge in [0.1, 0.15) is 12.5 Å². The van der Waals surface area contributed by atoms with E-state index in [1.54, 1.807) is 4.90 Å². The zero-order chi connectivity index (χ0) is 8.01. The van der Waals surface area contributed by atoms with Crippen molar-refractivity contribution in [2.75, 3.05) is 0 Å². The number of nitrogens with zero attached hydrogens (tertiary/aromatic N) is 1. The van der Waals surface area contributed by atoms with Gasteiger partial charge < -0.3 is 9.47 Å². The van der Waals surface area contributed by atoms with Crippen molar-refractivity contribution in [3.8, 4) is 0 Å². The topological polar surface area (TPSA) is 38.8 Å². The molecule has 4 heteroatoms. The highest BCUT2D eigenvalue weighted by Crippen LogP contribution is 2.29. The number of rotatable bonds is 0.